The van der Waals surface area contributed by atoms with Crippen LogP contribution in [0, 0.1) is 5.92 Å². The smallest absolute Gasteiger partial charge is 0.333 e. The van der Waals surface area contributed by atoms with Crippen molar-refractivity contribution < 1.29 is 64.7 Å². The van der Waals surface area contributed by atoms with Crippen LogP contribution in [-0.2, 0) is 19.0 Å². The Balaban J connectivity index is 1.47. The van der Waals surface area contributed by atoms with Gasteiger partial charge in [-0.1, -0.05) is 13.3 Å². The second-order valence-corrected chi connectivity index (χ2v) is 11.4. The summed E-state index contributed by atoms with van der Waals surface area (Å²) in [6.45, 7) is 4.93. The summed E-state index contributed by atoms with van der Waals surface area (Å²) in [5, 5.41) is 79.7. The fourth-order valence-corrected chi connectivity index (χ4v) is 5.29. The van der Waals surface area contributed by atoms with Crippen LogP contribution >= 0.6 is 0 Å². The van der Waals surface area contributed by atoms with E-state index in [9.17, 15) is 45.6 Å². The van der Waals surface area contributed by atoms with E-state index in [-0.39, 0.29) is 25.0 Å². The first-order chi connectivity index (χ1) is 20.4. The standard InChI is InChI=1S/C28H48N2O13/c1-16-17(2)41-28(27(39)23(16)35)40-14-13-29(12-6-7-18-24(36)26(38)25(37)19(15-31)42-18)11-5-3-4-8-22(34)43-30-20(32)9-10-21(30)33/h9-10,16-19,23-28,31-33,35-39H,3-8,11-15H2,1-2H3. The molecule has 2 fully saturated rings. The Hall–Kier alpha value is -2.05. The maximum absolute atomic E-state index is 12.1. The zero-order valence-electron chi connectivity index (χ0n) is 24.7. The largest absolute Gasteiger partial charge is 0.492 e. The molecule has 0 aliphatic carbocycles. The molecule has 0 aromatic carbocycles. The zero-order valence-corrected chi connectivity index (χ0v) is 24.7. The predicted molar refractivity (Wildman–Crippen MR) is 149 cm³/mol. The molecule has 0 spiro atoms. The monoisotopic (exact) mass is 620 g/mol. The number of aromatic hydroxyl groups is 2. The molecular weight excluding hydrogens is 572 g/mol. The minimum absolute atomic E-state index is 0.0765. The number of rotatable bonds is 16. The van der Waals surface area contributed by atoms with Gasteiger partial charge in [-0.25, -0.2) is 4.79 Å². The van der Waals surface area contributed by atoms with E-state index in [0.717, 1.165) is 0 Å². The third-order valence-corrected chi connectivity index (χ3v) is 8.25. The molecule has 43 heavy (non-hydrogen) atoms. The Kier molecular flexibility index (Phi) is 13.9. The number of nitrogens with zero attached hydrogens (tertiary/aromatic N) is 2. The highest BCUT2D eigenvalue weighted by atomic mass is 16.7. The van der Waals surface area contributed by atoms with E-state index in [2.05, 4.69) is 4.90 Å². The third-order valence-electron chi connectivity index (χ3n) is 8.25. The first-order valence-corrected chi connectivity index (χ1v) is 14.9. The van der Waals surface area contributed by atoms with E-state index in [1.54, 1.807) is 13.8 Å². The number of unbranched alkanes of at least 4 members (excludes halogenated alkanes) is 2. The minimum atomic E-state index is -1.43. The molecule has 1 aromatic heterocycles. The molecule has 248 valence electrons. The molecule has 8 N–H and O–H groups in total. The average molecular weight is 621 g/mol. The number of carbonyl (C=O) groups is 1. The van der Waals surface area contributed by atoms with Gasteiger partial charge < -0.3 is 64.8 Å². The van der Waals surface area contributed by atoms with Gasteiger partial charge in [0.15, 0.2) is 6.29 Å². The van der Waals surface area contributed by atoms with Gasteiger partial charge in [0.25, 0.3) is 0 Å². The second kappa shape index (κ2) is 16.9. The molecule has 0 saturated carbocycles. The molecule has 2 aliphatic heterocycles. The van der Waals surface area contributed by atoms with Crippen LogP contribution in [0.2, 0.25) is 0 Å². The number of carbonyl (C=O) groups excluding carboxylic acids is 1. The molecule has 15 nitrogen and oxygen atoms in total. The molecule has 0 bridgehead atoms. The normalized spacial score (nSPS) is 33.1. The number of hydrogen-bond acceptors (Lipinski definition) is 14. The van der Waals surface area contributed by atoms with Crippen LogP contribution in [0.3, 0.4) is 0 Å². The molecule has 0 radical (unpaired) electrons. The lowest BCUT2D eigenvalue weighted by molar-refractivity contribution is -0.280. The van der Waals surface area contributed by atoms with E-state index < -0.39 is 73.4 Å². The maximum atomic E-state index is 12.1. The number of ether oxygens (including phenoxy) is 3. The van der Waals surface area contributed by atoms with Crippen molar-refractivity contribution in [2.45, 2.75) is 107 Å². The van der Waals surface area contributed by atoms with E-state index in [1.165, 1.54) is 12.1 Å². The van der Waals surface area contributed by atoms with Crippen molar-refractivity contribution in [3.05, 3.63) is 12.1 Å². The van der Waals surface area contributed by atoms with Crippen molar-refractivity contribution in [1.29, 1.82) is 0 Å². The van der Waals surface area contributed by atoms with E-state index >= 15 is 0 Å². The van der Waals surface area contributed by atoms with E-state index in [4.69, 9.17) is 19.0 Å². The lowest BCUT2D eigenvalue weighted by Crippen LogP contribution is -2.58. The molecule has 3 rings (SSSR count). The number of aliphatic hydroxyl groups is 6. The molecule has 0 amide bonds. The summed E-state index contributed by atoms with van der Waals surface area (Å²) in [7, 11) is 0. The zero-order chi connectivity index (χ0) is 31.7. The van der Waals surface area contributed by atoms with Gasteiger partial charge in [0.05, 0.1) is 31.5 Å². The molecule has 2 aliphatic rings. The SMILES string of the molecule is CC1OC(OCCN(CCCCCC(=O)On2c(O)ccc2O)CCCC2OC(CO)C(O)C(O)C2O)C(O)C(O)C1C. The Bertz CT molecular complexity index is 959. The summed E-state index contributed by atoms with van der Waals surface area (Å²) in [5.74, 6) is -1.64. The van der Waals surface area contributed by atoms with Gasteiger partial charge in [-0.15, -0.1) is 4.73 Å². The topological polar surface area (TPSA) is 224 Å². The maximum Gasteiger partial charge on any atom is 0.333 e. The van der Waals surface area contributed by atoms with Gasteiger partial charge in [0.2, 0.25) is 11.8 Å². The number of hydrogen-bond donors (Lipinski definition) is 8. The van der Waals surface area contributed by atoms with Gasteiger partial charge in [-0.2, -0.15) is 0 Å². The van der Waals surface area contributed by atoms with Gasteiger partial charge in [0.1, 0.15) is 30.5 Å². The molecular formula is C28H48N2O13. The van der Waals surface area contributed by atoms with Crippen LogP contribution in [-0.4, -0.2) is 144 Å². The van der Waals surface area contributed by atoms with Crippen LogP contribution in [0.4, 0.5) is 0 Å². The Labute approximate surface area is 250 Å². The molecule has 10 unspecified atom stereocenters. The van der Waals surface area contributed by atoms with Gasteiger partial charge >= 0.3 is 5.97 Å². The third kappa shape index (κ3) is 9.72. The number of aliphatic hydroxyl groups excluding tert-OH is 6. The summed E-state index contributed by atoms with van der Waals surface area (Å²) >= 11 is 0. The highest BCUT2D eigenvalue weighted by Crippen LogP contribution is 2.27. The predicted octanol–water partition coefficient (Wildman–Crippen LogP) is -1.54. The highest BCUT2D eigenvalue weighted by molar-refractivity contribution is 5.69. The molecule has 2 saturated heterocycles. The van der Waals surface area contributed by atoms with Crippen molar-refractivity contribution in [1.82, 2.24) is 9.63 Å². The van der Waals surface area contributed by atoms with E-state index in [0.29, 0.717) is 56.5 Å². The van der Waals surface area contributed by atoms with Gasteiger partial charge in [-0.3, -0.25) is 0 Å². The lowest BCUT2D eigenvalue weighted by Gasteiger charge is -2.40. The van der Waals surface area contributed by atoms with Crippen molar-refractivity contribution in [3.8, 4) is 11.8 Å². The van der Waals surface area contributed by atoms with Crippen LogP contribution in [0.25, 0.3) is 0 Å². The van der Waals surface area contributed by atoms with Crippen molar-refractivity contribution in [2.75, 3.05) is 32.8 Å². The summed E-state index contributed by atoms with van der Waals surface area (Å²) < 4.78 is 17.8. The fourth-order valence-electron chi connectivity index (χ4n) is 5.29. The average Bonchev–Trinajstić information content (AvgIpc) is 3.30. The fraction of sp³-hybridized carbons (Fsp3) is 0.821. The first-order valence-electron chi connectivity index (χ1n) is 14.9. The summed E-state index contributed by atoms with van der Waals surface area (Å²) in [4.78, 5) is 19.1. The van der Waals surface area contributed by atoms with E-state index in [1.807, 2.05) is 0 Å². The Morgan fingerprint density at radius 2 is 1.49 bits per heavy atom. The Morgan fingerprint density at radius 1 is 0.837 bits per heavy atom. The molecule has 10 atom stereocenters. The van der Waals surface area contributed by atoms with Crippen LogP contribution in [0.1, 0.15) is 52.4 Å². The van der Waals surface area contributed by atoms with Gasteiger partial charge in [0, 0.05) is 31.0 Å². The van der Waals surface area contributed by atoms with Crippen molar-refractivity contribution in [3.63, 3.8) is 0 Å². The minimum Gasteiger partial charge on any atom is -0.492 e. The highest BCUT2D eigenvalue weighted by Gasteiger charge is 2.43. The van der Waals surface area contributed by atoms with Crippen molar-refractivity contribution in [2.24, 2.45) is 5.92 Å². The van der Waals surface area contributed by atoms with Crippen LogP contribution in [0.5, 0.6) is 11.8 Å². The Morgan fingerprint density at radius 3 is 2.16 bits per heavy atom. The number of aromatic nitrogens is 1. The van der Waals surface area contributed by atoms with Crippen molar-refractivity contribution >= 4 is 5.97 Å². The van der Waals surface area contributed by atoms with Crippen LogP contribution in [0.15, 0.2) is 12.1 Å². The quantitative estimate of drug-likeness (QED) is 0.0981. The van der Waals surface area contributed by atoms with Crippen LogP contribution < -0.4 is 4.84 Å². The summed E-state index contributed by atoms with van der Waals surface area (Å²) in [6.07, 6.45) is -6.42. The molecule has 1 aromatic rings. The molecule has 15 heteroatoms. The second-order valence-electron chi connectivity index (χ2n) is 11.4. The summed E-state index contributed by atoms with van der Waals surface area (Å²) in [5.41, 5.74) is 0. The first kappa shape index (κ1) is 35.4. The van der Waals surface area contributed by atoms with Gasteiger partial charge in [-0.05, 0) is 45.7 Å². The lowest BCUT2D eigenvalue weighted by atomic mass is 9.92. The summed E-state index contributed by atoms with van der Waals surface area (Å²) in [6, 6.07) is 2.39. The molecule has 3 heterocycles.